The van der Waals surface area contributed by atoms with E-state index >= 15 is 0 Å². The summed E-state index contributed by atoms with van der Waals surface area (Å²) in [6.45, 7) is 1.85. The third-order valence-corrected chi connectivity index (χ3v) is 3.34. The van der Waals surface area contributed by atoms with Crippen molar-refractivity contribution < 1.29 is 4.52 Å². The molecule has 4 aromatic rings. The summed E-state index contributed by atoms with van der Waals surface area (Å²) in [6.07, 6.45) is 4.93. The predicted octanol–water partition coefficient (Wildman–Crippen LogP) is 2.76. The average Bonchev–Trinajstić information content (AvgIpc) is 3.28. The number of nitrogens with zero attached hydrogens (tertiary/aromatic N) is 6. The van der Waals surface area contributed by atoms with Crippen LogP contribution in [0.1, 0.15) is 5.82 Å². The Morgan fingerprint density at radius 2 is 1.88 bits per heavy atom. The number of anilines is 2. The van der Waals surface area contributed by atoms with E-state index < -0.39 is 0 Å². The molecule has 8 heteroatoms. The summed E-state index contributed by atoms with van der Waals surface area (Å²) >= 11 is 0. The summed E-state index contributed by atoms with van der Waals surface area (Å²) in [4.78, 5) is 12.7. The largest absolute Gasteiger partial charge is 0.355 e. The van der Waals surface area contributed by atoms with Crippen LogP contribution >= 0.6 is 0 Å². The van der Waals surface area contributed by atoms with E-state index in [-0.39, 0.29) is 0 Å². The molecule has 0 spiro atoms. The summed E-state index contributed by atoms with van der Waals surface area (Å²) in [6, 6.07) is 11.3. The standard InChI is InChI=1S/C16H13N7O/c1-11-18-10-23(22-11)13-4-2-12(3-5-13)20-16-17-8-6-14(21-16)15-7-9-19-24-15/h2-10H,1H3,(H,17,20,21). The lowest BCUT2D eigenvalue weighted by Crippen LogP contribution is -1.99. The van der Waals surface area contributed by atoms with Crippen molar-refractivity contribution >= 4 is 11.6 Å². The molecule has 0 amide bonds. The Balaban J connectivity index is 1.54. The molecule has 0 unspecified atom stereocenters. The van der Waals surface area contributed by atoms with Crippen LogP contribution in [0.25, 0.3) is 17.1 Å². The highest BCUT2D eigenvalue weighted by Gasteiger charge is 2.06. The van der Waals surface area contributed by atoms with Crippen LogP contribution in [0.3, 0.4) is 0 Å². The quantitative estimate of drug-likeness (QED) is 0.618. The zero-order valence-electron chi connectivity index (χ0n) is 12.8. The van der Waals surface area contributed by atoms with Crippen LogP contribution in [-0.2, 0) is 0 Å². The smallest absolute Gasteiger partial charge is 0.227 e. The number of benzene rings is 1. The van der Waals surface area contributed by atoms with Crippen molar-refractivity contribution in [1.29, 1.82) is 0 Å². The molecule has 0 fully saturated rings. The fourth-order valence-electron chi connectivity index (χ4n) is 2.20. The van der Waals surface area contributed by atoms with Gasteiger partial charge in [0.05, 0.1) is 11.9 Å². The Bertz CT molecular complexity index is 945. The van der Waals surface area contributed by atoms with E-state index in [2.05, 4.69) is 30.5 Å². The minimum absolute atomic E-state index is 0.480. The number of hydrogen-bond donors (Lipinski definition) is 1. The second kappa shape index (κ2) is 5.92. The Morgan fingerprint density at radius 3 is 2.58 bits per heavy atom. The molecule has 0 atom stereocenters. The molecule has 0 aliphatic heterocycles. The summed E-state index contributed by atoms with van der Waals surface area (Å²) in [5.74, 6) is 1.81. The van der Waals surface area contributed by atoms with Crippen LogP contribution in [0.5, 0.6) is 0 Å². The molecule has 118 valence electrons. The first-order valence-corrected chi connectivity index (χ1v) is 7.28. The molecule has 1 N–H and O–H groups in total. The van der Waals surface area contributed by atoms with E-state index in [9.17, 15) is 0 Å². The first kappa shape index (κ1) is 14.1. The van der Waals surface area contributed by atoms with Gasteiger partial charge in [0.2, 0.25) is 5.95 Å². The van der Waals surface area contributed by atoms with Gasteiger partial charge in [-0.15, -0.1) is 0 Å². The van der Waals surface area contributed by atoms with Gasteiger partial charge in [-0.1, -0.05) is 5.16 Å². The minimum Gasteiger partial charge on any atom is -0.355 e. The van der Waals surface area contributed by atoms with E-state index in [1.165, 1.54) is 0 Å². The molecule has 24 heavy (non-hydrogen) atoms. The Morgan fingerprint density at radius 1 is 1.00 bits per heavy atom. The zero-order valence-corrected chi connectivity index (χ0v) is 12.8. The SMILES string of the molecule is Cc1ncn(-c2ccc(Nc3nccc(-c4ccno4)n3)cc2)n1. The van der Waals surface area contributed by atoms with Crippen LogP contribution in [0.4, 0.5) is 11.6 Å². The van der Waals surface area contributed by atoms with E-state index in [0.29, 0.717) is 17.4 Å². The molecule has 3 aromatic heterocycles. The predicted molar refractivity (Wildman–Crippen MR) is 86.9 cm³/mol. The highest BCUT2D eigenvalue weighted by molar-refractivity contribution is 5.58. The fraction of sp³-hybridized carbons (Fsp3) is 0.0625. The molecule has 0 aliphatic carbocycles. The van der Waals surface area contributed by atoms with Crippen molar-refractivity contribution in [2.45, 2.75) is 6.92 Å². The summed E-state index contributed by atoms with van der Waals surface area (Å²) in [5.41, 5.74) is 2.46. The Kier molecular flexibility index (Phi) is 3.47. The number of rotatable bonds is 4. The Hall–Kier alpha value is -3.55. The molecule has 0 radical (unpaired) electrons. The van der Waals surface area contributed by atoms with E-state index in [1.807, 2.05) is 31.2 Å². The molecule has 0 saturated heterocycles. The van der Waals surface area contributed by atoms with Crippen LogP contribution < -0.4 is 5.32 Å². The van der Waals surface area contributed by atoms with E-state index in [0.717, 1.165) is 17.2 Å². The zero-order chi connectivity index (χ0) is 16.4. The van der Waals surface area contributed by atoms with E-state index in [1.54, 1.807) is 35.5 Å². The lowest BCUT2D eigenvalue weighted by molar-refractivity contribution is 0.431. The van der Waals surface area contributed by atoms with Crippen molar-refractivity contribution in [1.82, 2.24) is 29.9 Å². The van der Waals surface area contributed by atoms with Gasteiger partial charge in [0, 0.05) is 18.0 Å². The molecular weight excluding hydrogens is 306 g/mol. The number of aromatic nitrogens is 6. The Labute approximate surface area is 137 Å². The van der Waals surface area contributed by atoms with Crippen LogP contribution in [0.2, 0.25) is 0 Å². The van der Waals surface area contributed by atoms with Crippen molar-refractivity contribution in [3.8, 4) is 17.1 Å². The minimum atomic E-state index is 0.480. The number of nitrogens with one attached hydrogen (secondary N) is 1. The summed E-state index contributed by atoms with van der Waals surface area (Å²) < 4.78 is 6.83. The second-order valence-corrected chi connectivity index (χ2v) is 5.05. The van der Waals surface area contributed by atoms with E-state index in [4.69, 9.17) is 4.52 Å². The molecule has 0 saturated carbocycles. The third-order valence-electron chi connectivity index (χ3n) is 3.34. The highest BCUT2D eigenvalue weighted by atomic mass is 16.5. The third kappa shape index (κ3) is 2.84. The maximum atomic E-state index is 5.11. The van der Waals surface area contributed by atoms with Gasteiger partial charge in [0.1, 0.15) is 17.8 Å². The highest BCUT2D eigenvalue weighted by Crippen LogP contribution is 2.19. The molecule has 4 rings (SSSR count). The molecule has 3 heterocycles. The average molecular weight is 319 g/mol. The van der Waals surface area contributed by atoms with Crippen molar-refractivity contribution in [2.24, 2.45) is 0 Å². The van der Waals surface area contributed by atoms with Crippen molar-refractivity contribution in [3.05, 3.63) is 60.9 Å². The second-order valence-electron chi connectivity index (χ2n) is 5.05. The van der Waals surface area contributed by atoms with Gasteiger partial charge in [0.25, 0.3) is 0 Å². The normalized spacial score (nSPS) is 10.7. The summed E-state index contributed by atoms with van der Waals surface area (Å²) in [7, 11) is 0. The first-order chi connectivity index (χ1) is 11.8. The lowest BCUT2D eigenvalue weighted by Gasteiger charge is -2.06. The first-order valence-electron chi connectivity index (χ1n) is 7.28. The van der Waals surface area contributed by atoms with Gasteiger partial charge in [-0.2, -0.15) is 5.10 Å². The van der Waals surface area contributed by atoms with Crippen LogP contribution in [0, 0.1) is 6.92 Å². The molecular formula is C16H13N7O. The topological polar surface area (TPSA) is 94.6 Å². The molecule has 0 aliphatic rings. The molecule has 8 nitrogen and oxygen atoms in total. The van der Waals surface area contributed by atoms with Crippen molar-refractivity contribution in [2.75, 3.05) is 5.32 Å². The number of hydrogen-bond acceptors (Lipinski definition) is 7. The van der Waals surface area contributed by atoms with Crippen LogP contribution in [-0.4, -0.2) is 29.9 Å². The van der Waals surface area contributed by atoms with Gasteiger partial charge in [0.15, 0.2) is 5.76 Å². The van der Waals surface area contributed by atoms with Crippen molar-refractivity contribution in [3.63, 3.8) is 0 Å². The lowest BCUT2D eigenvalue weighted by atomic mass is 10.3. The van der Waals surface area contributed by atoms with Crippen LogP contribution in [0.15, 0.2) is 59.6 Å². The maximum Gasteiger partial charge on any atom is 0.227 e. The number of aryl methyl sites for hydroxylation is 1. The molecule has 1 aromatic carbocycles. The maximum absolute atomic E-state index is 5.11. The van der Waals surface area contributed by atoms with Gasteiger partial charge < -0.3 is 9.84 Å². The van der Waals surface area contributed by atoms with Gasteiger partial charge in [-0.05, 0) is 37.3 Å². The molecule has 0 bridgehead atoms. The monoisotopic (exact) mass is 319 g/mol. The summed E-state index contributed by atoms with van der Waals surface area (Å²) in [5, 5.41) is 11.1. The fourth-order valence-corrected chi connectivity index (χ4v) is 2.20. The van der Waals surface area contributed by atoms with Gasteiger partial charge in [-0.25, -0.2) is 19.6 Å². The van der Waals surface area contributed by atoms with Gasteiger partial charge >= 0.3 is 0 Å². The van der Waals surface area contributed by atoms with Gasteiger partial charge in [-0.3, -0.25) is 0 Å².